The van der Waals surface area contributed by atoms with E-state index in [-0.39, 0.29) is 18.2 Å². The summed E-state index contributed by atoms with van der Waals surface area (Å²) in [4.78, 5) is 31.6. The third-order valence-corrected chi connectivity index (χ3v) is 5.97. The van der Waals surface area contributed by atoms with Gasteiger partial charge in [-0.25, -0.2) is 4.79 Å². The normalized spacial score (nSPS) is 25.5. The van der Waals surface area contributed by atoms with Gasteiger partial charge >= 0.3 is 12.1 Å². The zero-order chi connectivity index (χ0) is 21.0. The van der Waals surface area contributed by atoms with Crippen LogP contribution in [0.25, 0.3) is 0 Å². The molecule has 8 heteroatoms. The first kappa shape index (κ1) is 22.3. The molecule has 0 aromatic carbocycles. The highest BCUT2D eigenvalue weighted by Crippen LogP contribution is 2.23. The van der Waals surface area contributed by atoms with E-state index in [1.54, 1.807) is 4.90 Å². The van der Waals surface area contributed by atoms with E-state index in [9.17, 15) is 9.59 Å². The molecule has 1 atom stereocenters. The first-order valence-electron chi connectivity index (χ1n) is 10.9. The Labute approximate surface area is 174 Å². The Kier molecular flexibility index (Phi) is 7.40. The van der Waals surface area contributed by atoms with Crippen molar-refractivity contribution >= 4 is 12.1 Å². The molecule has 3 fully saturated rings. The van der Waals surface area contributed by atoms with Crippen molar-refractivity contribution in [3.8, 4) is 0 Å². The number of nitrogens with zero attached hydrogens (tertiary/aromatic N) is 3. The summed E-state index contributed by atoms with van der Waals surface area (Å²) in [5.74, 6) is 0.446. The number of rotatable bonds is 5. The molecule has 1 amide bonds. The number of carbonyl (C=O) groups excluding carboxylic acids is 2. The topological polar surface area (TPSA) is 71.5 Å². The Bertz CT molecular complexity index is 567. The van der Waals surface area contributed by atoms with Crippen molar-refractivity contribution in [3.63, 3.8) is 0 Å². The minimum atomic E-state index is -0.554. The maximum atomic E-state index is 12.9. The van der Waals surface area contributed by atoms with Gasteiger partial charge in [-0.05, 0) is 72.6 Å². The summed E-state index contributed by atoms with van der Waals surface area (Å²) in [6.07, 6.45) is 2.98. The predicted molar refractivity (Wildman–Crippen MR) is 109 cm³/mol. The summed E-state index contributed by atoms with van der Waals surface area (Å²) < 4.78 is 16.2. The Hall–Kier alpha value is -1.38. The summed E-state index contributed by atoms with van der Waals surface area (Å²) in [5.41, 5.74) is -0.554. The second-order valence-electron chi connectivity index (χ2n) is 9.61. The number of ether oxygens (including phenoxy) is 3. The van der Waals surface area contributed by atoms with Gasteiger partial charge in [0.25, 0.3) is 0 Å². The summed E-state index contributed by atoms with van der Waals surface area (Å²) >= 11 is 0. The molecule has 0 aromatic rings. The standard InChI is InChI=1S/C21H37N3O5/c1-21(2,3)29-20(26)24-12-11-23(10-7-16-5-8-22(4)9-6-16)18(13-24)19(25)28-17-14-27-15-17/h16-18H,5-15H2,1-4H3. The molecule has 3 rings (SSSR count). The van der Waals surface area contributed by atoms with Gasteiger partial charge in [-0.1, -0.05) is 0 Å². The average molecular weight is 412 g/mol. The molecule has 0 radical (unpaired) electrons. The van der Waals surface area contributed by atoms with E-state index in [0.717, 1.165) is 26.1 Å². The summed E-state index contributed by atoms with van der Waals surface area (Å²) in [7, 11) is 2.17. The molecule has 0 spiro atoms. The van der Waals surface area contributed by atoms with E-state index in [0.29, 0.717) is 38.8 Å². The zero-order valence-corrected chi connectivity index (χ0v) is 18.4. The quantitative estimate of drug-likeness (QED) is 0.636. The van der Waals surface area contributed by atoms with E-state index in [1.807, 2.05) is 20.8 Å². The Balaban J connectivity index is 1.58. The molecule has 0 N–H and O–H groups in total. The lowest BCUT2D eigenvalue weighted by Crippen LogP contribution is -2.59. The molecule has 0 aromatic heterocycles. The molecular weight excluding hydrogens is 374 g/mol. The van der Waals surface area contributed by atoms with Gasteiger partial charge in [0.15, 0.2) is 0 Å². The Morgan fingerprint density at radius 2 is 1.76 bits per heavy atom. The van der Waals surface area contributed by atoms with Crippen LogP contribution in [0, 0.1) is 5.92 Å². The lowest BCUT2D eigenvalue weighted by atomic mass is 9.93. The fourth-order valence-electron chi connectivity index (χ4n) is 4.03. The molecule has 3 saturated heterocycles. The van der Waals surface area contributed by atoms with E-state index < -0.39 is 11.6 Å². The molecule has 3 aliphatic heterocycles. The lowest BCUT2D eigenvalue weighted by Gasteiger charge is -2.41. The number of esters is 1. The molecule has 0 aliphatic carbocycles. The third kappa shape index (κ3) is 6.55. The molecule has 0 bridgehead atoms. The highest BCUT2D eigenvalue weighted by Gasteiger charge is 2.38. The summed E-state index contributed by atoms with van der Waals surface area (Å²) in [6.45, 7) is 11.2. The van der Waals surface area contributed by atoms with Crippen molar-refractivity contribution in [1.82, 2.24) is 14.7 Å². The van der Waals surface area contributed by atoms with Crippen LogP contribution >= 0.6 is 0 Å². The van der Waals surface area contributed by atoms with Crippen molar-refractivity contribution in [1.29, 1.82) is 0 Å². The van der Waals surface area contributed by atoms with Crippen LogP contribution in [0.2, 0.25) is 0 Å². The van der Waals surface area contributed by atoms with E-state index in [1.165, 1.54) is 12.8 Å². The number of likely N-dealkylation sites (tertiary alicyclic amines) is 1. The molecule has 3 aliphatic rings. The van der Waals surface area contributed by atoms with Crippen LogP contribution < -0.4 is 0 Å². The molecule has 166 valence electrons. The van der Waals surface area contributed by atoms with Crippen LogP contribution in [0.4, 0.5) is 4.79 Å². The largest absolute Gasteiger partial charge is 0.456 e. The van der Waals surface area contributed by atoms with Crippen LogP contribution in [0.3, 0.4) is 0 Å². The Morgan fingerprint density at radius 3 is 2.34 bits per heavy atom. The van der Waals surface area contributed by atoms with Gasteiger partial charge in [-0.2, -0.15) is 0 Å². The fourth-order valence-corrected chi connectivity index (χ4v) is 4.03. The first-order chi connectivity index (χ1) is 13.7. The van der Waals surface area contributed by atoms with Gasteiger partial charge in [-0.15, -0.1) is 0 Å². The minimum Gasteiger partial charge on any atom is -0.456 e. The second kappa shape index (κ2) is 9.62. The highest BCUT2D eigenvalue weighted by molar-refractivity contribution is 5.78. The lowest BCUT2D eigenvalue weighted by molar-refractivity contribution is -0.179. The van der Waals surface area contributed by atoms with Gasteiger partial charge in [0, 0.05) is 13.1 Å². The van der Waals surface area contributed by atoms with Crippen molar-refractivity contribution in [2.24, 2.45) is 5.92 Å². The number of carbonyl (C=O) groups is 2. The van der Waals surface area contributed by atoms with Crippen LogP contribution in [-0.2, 0) is 19.0 Å². The van der Waals surface area contributed by atoms with Crippen LogP contribution in [0.15, 0.2) is 0 Å². The smallest absolute Gasteiger partial charge is 0.410 e. The zero-order valence-electron chi connectivity index (χ0n) is 18.4. The summed E-state index contributed by atoms with van der Waals surface area (Å²) in [6, 6.07) is -0.442. The fraction of sp³-hybridized carbons (Fsp3) is 0.905. The molecular formula is C21H37N3O5. The van der Waals surface area contributed by atoms with Crippen molar-refractivity contribution in [3.05, 3.63) is 0 Å². The second-order valence-corrected chi connectivity index (χ2v) is 9.61. The van der Waals surface area contributed by atoms with Gasteiger partial charge in [-0.3, -0.25) is 9.69 Å². The average Bonchev–Trinajstić information content (AvgIpc) is 2.62. The highest BCUT2D eigenvalue weighted by atomic mass is 16.6. The number of hydrogen-bond acceptors (Lipinski definition) is 7. The van der Waals surface area contributed by atoms with Gasteiger partial charge in [0.2, 0.25) is 0 Å². The molecule has 1 unspecified atom stereocenters. The van der Waals surface area contributed by atoms with Crippen LogP contribution in [0.1, 0.15) is 40.0 Å². The van der Waals surface area contributed by atoms with Gasteiger partial charge < -0.3 is 24.0 Å². The van der Waals surface area contributed by atoms with Gasteiger partial charge in [0.1, 0.15) is 17.7 Å². The SMILES string of the molecule is CN1CCC(CCN2CCN(C(=O)OC(C)(C)C)CC2C(=O)OC2COC2)CC1. The number of piperazine rings is 1. The minimum absolute atomic E-state index is 0.157. The van der Waals surface area contributed by atoms with Crippen molar-refractivity contribution < 1.29 is 23.8 Å². The number of hydrogen-bond donors (Lipinski definition) is 0. The van der Waals surface area contributed by atoms with Crippen LogP contribution in [0.5, 0.6) is 0 Å². The number of amides is 1. The van der Waals surface area contributed by atoms with E-state index in [2.05, 4.69) is 16.8 Å². The summed E-state index contributed by atoms with van der Waals surface area (Å²) in [5, 5.41) is 0. The van der Waals surface area contributed by atoms with Gasteiger partial charge in [0.05, 0.1) is 19.8 Å². The first-order valence-corrected chi connectivity index (χ1v) is 10.9. The van der Waals surface area contributed by atoms with E-state index in [4.69, 9.17) is 14.2 Å². The molecule has 29 heavy (non-hydrogen) atoms. The number of piperidine rings is 1. The monoisotopic (exact) mass is 411 g/mol. The molecule has 0 saturated carbocycles. The maximum Gasteiger partial charge on any atom is 0.410 e. The third-order valence-electron chi connectivity index (χ3n) is 5.97. The van der Waals surface area contributed by atoms with Crippen molar-refractivity contribution in [2.45, 2.75) is 57.8 Å². The molecule has 8 nitrogen and oxygen atoms in total. The predicted octanol–water partition coefficient (Wildman–Crippen LogP) is 1.58. The van der Waals surface area contributed by atoms with Crippen molar-refractivity contribution in [2.75, 3.05) is 59.5 Å². The van der Waals surface area contributed by atoms with Crippen LogP contribution in [-0.4, -0.2) is 104 Å². The molecule has 3 heterocycles. The van der Waals surface area contributed by atoms with E-state index >= 15 is 0 Å². The Morgan fingerprint density at radius 1 is 1.07 bits per heavy atom. The maximum absolute atomic E-state index is 12.9.